The minimum Gasteiger partial charge on any atom is -0.481 e. The maximum absolute atomic E-state index is 11.8. The Morgan fingerprint density at radius 3 is 2.70 bits per heavy atom. The summed E-state index contributed by atoms with van der Waals surface area (Å²) < 4.78 is 1.76. The predicted molar refractivity (Wildman–Crippen MR) is 79.0 cm³/mol. The summed E-state index contributed by atoms with van der Waals surface area (Å²) in [7, 11) is 1.85. The number of aliphatic carboxylic acids is 1. The molecule has 0 saturated heterocycles. The van der Waals surface area contributed by atoms with E-state index in [-0.39, 0.29) is 0 Å². The Kier molecular flexibility index (Phi) is 4.43. The molecule has 112 valence electrons. The number of hydrogen-bond donors (Lipinski definition) is 1. The summed E-state index contributed by atoms with van der Waals surface area (Å²) in [5.41, 5.74) is 1.06. The summed E-state index contributed by atoms with van der Waals surface area (Å²) in [6.07, 6.45) is 4.80. The Morgan fingerprint density at radius 1 is 1.55 bits per heavy atom. The van der Waals surface area contributed by atoms with Crippen molar-refractivity contribution in [2.75, 3.05) is 0 Å². The molecule has 2 unspecified atom stereocenters. The second kappa shape index (κ2) is 5.76. The van der Waals surface area contributed by atoms with Crippen molar-refractivity contribution in [3.8, 4) is 0 Å². The number of aryl methyl sites for hydroxylation is 2. The van der Waals surface area contributed by atoms with Gasteiger partial charge in [0, 0.05) is 13.5 Å². The topological polar surface area (TPSA) is 55.1 Å². The summed E-state index contributed by atoms with van der Waals surface area (Å²) in [6.45, 7) is 4.14. The summed E-state index contributed by atoms with van der Waals surface area (Å²) in [5.74, 6) is -0.174. The molecule has 2 rings (SSSR count). The molecule has 0 aliphatic heterocycles. The third-order valence-electron chi connectivity index (χ3n) is 4.75. The fourth-order valence-electron chi connectivity index (χ4n) is 3.35. The standard InChI is InChI=1S/C15H23ClN2O2/c1-4-10-6-7-15(8-10,14(19)20)9-12-13(16)11(5-2)17-18(12)3/h10H,4-9H2,1-3H3,(H,19,20). The Labute approximate surface area is 125 Å². The number of nitrogens with zero attached hydrogens (tertiary/aromatic N) is 2. The smallest absolute Gasteiger partial charge is 0.310 e. The van der Waals surface area contributed by atoms with Crippen molar-refractivity contribution >= 4 is 17.6 Å². The van der Waals surface area contributed by atoms with Crippen LogP contribution in [0.3, 0.4) is 0 Å². The van der Waals surface area contributed by atoms with Crippen LogP contribution < -0.4 is 0 Å². The SMILES string of the molecule is CCc1nn(C)c(CC2(C(=O)O)CCC(CC)C2)c1Cl. The summed E-state index contributed by atoms with van der Waals surface area (Å²) in [4.78, 5) is 11.8. The Balaban J connectivity index is 2.31. The number of aromatic nitrogens is 2. The minimum atomic E-state index is -0.691. The maximum Gasteiger partial charge on any atom is 0.310 e. The monoisotopic (exact) mass is 298 g/mol. The number of carboxylic acids is 1. The molecular formula is C15H23ClN2O2. The average molecular weight is 299 g/mol. The zero-order chi connectivity index (χ0) is 14.9. The molecule has 1 saturated carbocycles. The molecule has 1 fully saturated rings. The molecule has 1 aliphatic carbocycles. The highest BCUT2D eigenvalue weighted by molar-refractivity contribution is 6.31. The predicted octanol–water partition coefficient (Wildman–Crippen LogP) is 3.46. The molecule has 1 aromatic rings. The molecule has 0 bridgehead atoms. The summed E-state index contributed by atoms with van der Waals surface area (Å²) >= 11 is 6.37. The number of carboxylic acid groups (broad SMARTS) is 1. The van der Waals surface area contributed by atoms with Crippen LogP contribution in [0.25, 0.3) is 0 Å². The van der Waals surface area contributed by atoms with Crippen LogP contribution in [0.1, 0.15) is 50.9 Å². The highest BCUT2D eigenvalue weighted by Crippen LogP contribution is 2.46. The molecule has 0 aromatic carbocycles. The highest BCUT2D eigenvalue weighted by Gasteiger charge is 2.46. The first-order valence-electron chi connectivity index (χ1n) is 7.37. The molecule has 1 heterocycles. The molecular weight excluding hydrogens is 276 g/mol. The first kappa shape index (κ1) is 15.4. The quantitative estimate of drug-likeness (QED) is 0.905. The lowest BCUT2D eigenvalue weighted by atomic mass is 9.80. The molecule has 0 spiro atoms. The van der Waals surface area contributed by atoms with E-state index in [4.69, 9.17) is 11.6 Å². The highest BCUT2D eigenvalue weighted by atomic mass is 35.5. The van der Waals surface area contributed by atoms with E-state index < -0.39 is 11.4 Å². The third kappa shape index (κ3) is 2.58. The van der Waals surface area contributed by atoms with Gasteiger partial charge >= 0.3 is 5.97 Å². The number of halogens is 1. The van der Waals surface area contributed by atoms with Crippen molar-refractivity contribution < 1.29 is 9.90 Å². The van der Waals surface area contributed by atoms with Gasteiger partial charge in [0.25, 0.3) is 0 Å². The molecule has 20 heavy (non-hydrogen) atoms. The van der Waals surface area contributed by atoms with E-state index in [0.29, 0.717) is 17.4 Å². The zero-order valence-electron chi connectivity index (χ0n) is 12.4. The fourth-order valence-corrected chi connectivity index (χ4v) is 3.71. The Bertz CT molecular complexity index is 512. The molecule has 5 heteroatoms. The molecule has 1 aliphatic rings. The second-order valence-corrected chi connectivity index (χ2v) is 6.34. The number of hydrogen-bond acceptors (Lipinski definition) is 2. The van der Waals surface area contributed by atoms with E-state index in [1.807, 2.05) is 14.0 Å². The van der Waals surface area contributed by atoms with E-state index >= 15 is 0 Å². The number of rotatable bonds is 5. The van der Waals surface area contributed by atoms with E-state index in [1.54, 1.807) is 4.68 Å². The van der Waals surface area contributed by atoms with Crippen molar-refractivity contribution in [3.05, 3.63) is 16.4 Å². The van der Waals surface area contributed by atoms with Crippen LogP contribution in [0.5, 0.6) is 0 Å². The van der Waals surface area contributed by atoms with Gasteiger partial charge in [-0.15, -0.1) is 0 Å². The molecule has 1 N–H and O–H groups in total. The first-order chi connectivity index (χ1) is 9.43. The van der Waals surface area contributed by atoms with E-state index in [1.165, 1.54) is 0 Å². The van der Waals surface area contributed by atoms with Crippen LogP contribution in [-0.2, 0) is 24.7 Å². The van der Waals surface area contributed by atoms with Crippen LogP contribution in [-0.4, -0.2) is 20.9 Å². The van der Waals surface area contributed by atoms with Crippen LogP contribution in [0.2, 0.25) is 5.02 Å². The second-order valence-electron chi connectivity index (χ2n) is 5.96. The van der Waals surface area contributed by atoms with Crippen LogP contribution >= 0.6 is 11.6 Å². The third-order valence-corrected chi connectivity index (χ3v) is 5.19. The lowest BCUT2D eigenvalue weighted by Gasteiger charge is -2.24. The largest absolute Gasteiger partial charge is 0.481 e. The average Bonchev–Trinajstić information content (AvgIpc) is 2.96. The van der Waals surface area contributed by atoms with Crippen molar-refractivity contribution in [1.82, 2.24) is 9.78 Å². The lowest BCUT2D eigenvalue weighted by molar-refractivity contribution is -0.148. The van der Waals surface area contributed by atoms with Gasteiger partial charge in [0.1, 0.15) is 0 Å². The molecule has 1 aromatic heterocycles. The van der Waals surface area contributed by atoms with Gasteiger partial charge < -0.3 is 5.11 Å². The molecule has 0 radical (unpaired) electrons. The van der Waals surface area contributed by atoms with Gasteiger partial charge in [-0.3, -0.25) is 9.48 Å². The summed E-state index contributed by atoms with van der Waals surface area (Å²) in [6, 6.07) is 0. The molecule has 2 atom stereocenters. The first-order valence-corrected chi connectivity index (χ1v) is 7.75. The van der Waals surface area contributed by atoms with Crippen molar-refractivity contribution in [2.45, 2.75) is 52.4 Å². The van der Waals surface area contributed by atoms with E-state index in [2.05, 4.69) is 12.0 Å². The van der Waals surface area contributed by atoms with Gasteiger partial charge in [-0.25, -0.2) is 0 Å². The van der Waals surface area contributed by atoms with E-state index in [9.17, 15) is 9.90 Å². The van der Waals surface area contributed by atoms with E-state index in [0.717, 1.165) is 43.5 Å². The fraction of sp³-hybridized carbons (Fsp3) is 0.733. The van der Waals surface area contributed by atoms with Crippen molar-refractivity contribution in [3.63, 3.8) is 0 Å². The lowest BCUT2D eigenvalue weighted by Crippen LogP contribution is -2.31. The molecule has 0 amide bonds. The van der Waals surface area contributed by atoms with Crippen LogP contribution in [0.4, 0.5) is 0 Å². The van der Waals surface area contributed by atoms with Gasteiger partial charge in [0.2, 0.25) is 0 Å². The van der Waals surface area contributed by atoms with Crippen LogP contribution in [0.15, 0.2) is 0 Å². The van der Waals surface area contributed by atoms with Gasteiger partial charge in [-0.05, 0) is 31.6 Å². The van der Waals surface area contributed by atoms with Gasteiger partial charge in [0.05, 0.1) is 21.8 Å². The normalized spacial score (nSPS) is 26.1. The number of carbonyl (C=O) groups is 1. The van der Waals surface area contributed by atoms with Crippen molar-refractivity contribution in [2.24, 2.45) is 18.4 Å². The van der Waals surface area contributed by atoms with Gasteiger partial charge in [-0.2, -0.15) is 5.10 Å². The molecule has 4 nitrogen and oxygen atoms in total. The zero-order valence-corrected chi connectivity index (χ0v) is 13.2. The Hall–Kier alpha value is -1.03. The minimum absolute atomic E-state index is 0.487. The maximum atomic E-state index is 11.8. The van der Waals surface area contributed by atoms with Gasteiger partial charge in [0.15, 0.2) is 0 Å². The Morgan fingerprint density at radius 2 is 2.25 bits per heavy atom. The van der Waals surface area contributed by atoms with Crippen molar-refractivity contribution in [1.29, 1.82) is 0 Å². The van der Waals surface area contributed by atoms with Crippen LogP contribution in [0, 0.1) is 11.3 Å². The van der Waals surface area contributed by atoms with Gasteiger partial charge in [-0.1, -0.05) is 31.9 Å². The summed E-state index contributed by atoms with van der Waals surface area (Å²) in [5, 5.41) is 14.8.